The maximum absolute atomic E-state index is 13.5. The van der Waals surface area contributed by atoms with Crippen molar-refractivity contribution >= 4 is 11.6 Å². The van der Waals surface area contributed by atoms with E-state index in [4.69, 9.17) is 10.5 Å². The van der Waals surface area contributed by atoms with Crippen LogP contribution < -0.4 is 15.4 Å². The highest BCUT2D eigenvalue weighted by atomic mass is 19.1. The molecule has 0 bridgehead atoms. The van der Waals surface area contributed by atoms with Gasteiger partial charge in [-0.05, 0) is 26.0 Å². The molecule has 0 radical (unpaired) electrons. The smallest absolute Gasteiger partial charge is 0.231 e. The standard InChI is InChI=1S/C14H18FN3O2/c1-14(2)17(7-13(16)19)6-10-8-20-12-4-3-9(15)5-11(12)18(10)14/h3-5,10H,6-8H2,1-2H3,(H2,16,19). The van der Waals surface area contributed by atoms with Crippen LogP contribution in [0.5, 0.6) is 5.75 Å². The second-order valence-electron chi connectivity index (χ2n) is 5.79. The van der Waals surface area contributed by atoms with Gasteiger partial charge in [0.1, 0.15) is 18.2 Å². The van der Waals surface area contributed by atoms with Crippen LogP contribution in [0.15, 0.2) is 18.2 Å². The monoisotopic (exact) mass is 279 g/mol. The van der Waals surface area contributed by atoms with E-state index in [1.165, 1.54) is 12.1 Å². The van der Waals surface area contributed by atoms with E-state index < -0.39 is 5.66 Å². The summed E-state index contributed by atoms with van der Waals surface area (Å²) in [5.74, 6) is 0.0205. The number of ether oxygens (including phenoxy) is 1. The number of nitrogens with zero attached hydrogens (tertiary/aromatic N) is 2. The Bertz CT molecular complexity index is 561. The fourth-order valence-corrected chi connectivity index (χ4v) is 3.21. The fourth-order valence-electron chi connectivity index (χ4n) is 3.21. The number of carbonyl (C=O) groups excluding carboxylic acids is 1. The fraction of sp³-hybridized carbons (Fsp3) is 0.500. The van der Waals surface area contributed by atoms with Crippen LogP contribution in [-0.4, -0.2) is 42.2 Å². The van der Waals surface area contributed by atoms with Crippen molar-refractivity contribution in [3.8, 4) is 5.75 Å². The Morgan fingerprint density at radius 3 is 3.00 bits per heavy atom. The first-order valence-electron chi connectivity index (χ1n) is 6.64. The summed E-state index contributed by atoms with van der Waals surface area (Å²) in [6.45, 7) is 5.40. The van der Waals surface area contributed by atoms with Gasteiger partial charge in [-0.15, -0.1) is 0 Å². The third-order valence-corrected chi connectivity index (χ3v) is 4.12. The quantitative estimate of drug-likeness (QED) is 0.875. The molecule has 3 rings (SSSR count). The molecule has 2 aliphatic rings. The molecule has 2 N–H and O–H groups in total. The van der Waals surface area contributed by atoms with Gasteiger partial charge in [-0.3, -0.25) is 9.69 Å². The number of hydrogen-bond acceptors (Lipinski definition) is 4. The molecule has 1 aromatic carbocycles. The lowest BCUT2D eigenvalue weighted by Crippen LogP contribution is -2.53. The number of nitrogens with two attached hydrogens (primary N) is 1. The van der Waals surface area contributed by atoms with Crippen molar-refractivity contribution in [3.05, 3.63) is 24.0 Å². The van der Waals surface area contributed by atoms with Crippen LogP contribution in [0.1, 0.15) is 13.8 Å². The Labute approximate surface area is 117 Å². The molecule has 20 heavy (non-hydrogen) atoms. The molecule has 1 aromatic rings. The van der Waals surface area contributed by atoms with Crippen molar-refractivity contribution < 1.29 is 13.9 Å². The summed E-state index contributed by atoms with van der Waals surface area (Å²) in [6.07, 6.45) is 0. The molecule has 1 amide bonds. The Balaban J connectivity index is 2.01. The Hall–Kier alpha value is -1.82. The summed E-state index contributed by atoms with van der Waals surface area (Å²) in [7, 11) is 0. The van der Waals surface area contributed by atoms with Gasteiger partial charge in [0, 0.05) is 12.6 Å². The number of anilines is 1. The summed E-state index contributed by atoms with van der Waals surface area (Å²) in [5, 5.41) is 0. The largest absolute Gasteiger partial charge is 0.489 e. The number of primary amides is 1. The van der Waals surface area contributed by atoms with Crippen LogP contribution in [0.4, 0.5) is 10.1 Å². The lowest BCUT2D eigenvalue weighted by Gasteiger charge is -2.43. The van der Waals surface area contributed by atoms with Crippen LogP contribution in [0.2, 0.25) is 0 Å². The lowest BCUT2D eigenvalue weighted by atomic mass is 10.1. The zero-order chi connectivity index (χ0) is 14.5. The molecule has 1 fully saturated rings. The number of rotatable bonds is 2. The molecule has 0 spiro atoms. The van der Waals surface area contributed by atoms with Gasteiger partial charge >= 0.3 is 0 Å². The zero-order valence-corrected chi connectivity index (χ0v) is 11.6. The minimum atomic E-state index is -0.411. The van der Waals surface area contributed by atoms with Gasteiger partial charge in [0.2, 0.25) is 5.91 Å². The van der Waals surface area contributed by atoms with E-state index in [-0.39, 0.29) is 24.3 Å². The third-order valence-electron chi connectivity index (χ3n) is 4.12. The van der Waals surface area contributed by atoms with Gasteiger partial charge in [0.05, 0.1) is 23.9 Å². The summed E-state index contributed by atoms with van der Waals surface area (Å²) < 4.78 is 19.2. The second kappa shape index (κ2) is 4.34. The van der Waals surface area contributed by atoms with E-state index in [0.29, 0.717) is 18.9 Å². The summed E-state index contributed by atoms with van der Waals surface area (Å²) in [5.41, 5.74) is 5.63. The van der Waals surface area contributed by atoms with Crippen LogP contribution in [-0.2, 0) is 4.79 Å². The predicted molar refractivity (Wildman–Crippen MR) is 73.0 cm³/mol. The number of benzene rings is 1. The van der Waals surface area contributed by atoms with E-state index in [2.05, 4.69) is 4.90 Å². The average Bonchev–Trinajstić information content (AvgIpc) is 2.60. The van der Waals surface area contributed by atoms with Gasteiger partial charge in [-0.25, -0.2) is 4.39 Å². The normalized spacial score (nSPS) is 23.9. The Kier molecular flexibility index (Phi) is 2.86. The first kappa shape index (κ1) is 13.2. The molecule has 2 aliphatic heterocycles. The first-order valence-corrected chi connectivity index (χ1v) is 6.64. The van der Waals surface area contributed by atoms with Crippen LogP contribution >= 0.6 is 0 Å². The molecular formula is C14H18FN3O2. The highest BCUT2D eigenvalue weighted by Crippen LogP contribution is 2.43. The van der Waals surface area contributed by atoms with Gasteiger partial charge in [-0.1, -0.05) is 0 Å². The van der Waals surface area contributed by atoms with Crippen molar-refractivity contribution in [2.24, 2.45) is 5.73 Å². The molecule has 1 saturated heterocycles. The number of halogens is 1. The molecule has 1 atom stereocenters. The lowest BCUT2D eigenvalue weighted by molar-refractivity contribution is -0.119. The van der Waals surface area contributed by atoms with Crippen molar-refractivity contribution in [3.63, 3.8) is 0 Å². The zero-order valence-electron chi connectivity index (χ0n) is 11.6. The van der Waals surface area contributed by atoms with E-state index in [9.17, 15) is 9.18 Å². The maximum atomic E-state index is 13.5. The molecule has 0 aromatic heterocycles. The Morgan fingerprint density at radius 2 is 2.30 bits per heavy atom. The van der Waals surface area contributed by atoms with E-state index in [0.717, 1.165) is 5.69 Å². The van der Waals surface area contributed by atoms with Crippen molar-refractivity contribution in [2.75, 3.05) is 24.6 Å². The molecule has 0 aliphatic carbocycles. The molecule has 108 valence electrons. The first-order chi connectivity index (χ1) is 9.39. The molecule has 6 heteroatoms. The van der Waals surface area contributed by atoms with Gasteiger partial charge in [-0.2, -0.15) is 0 Å². The number of fused-ring (bicyclic) bond motifs is 3. The molecule has 5 nitrogen and oxygen atoms in total. The van der Waals surface area contributed by atoms with Crippen molar-refractivity contribution in [1.29, 1.82) is 0 Å². The Morgan fingerprint density at radius 1 is 1.55 bits per heavy atom. The summed E-state index contributed by atoms with van der Waals surface area (Å²) in [6, 6.07) is 4.62. The number of carbonyl (C=O) groups is 1. The minimum Gasteiger partial charge on any atom is -0.489 e. The van der Waals surface area contributed by atoms with Gasteiger partial charge < -0.3 is 15.4 Å². The summed E-state index contributed by atoms with van der Waals surface area (Å²) in [4.78, 5) is 15.3. The van der Waals surface area contributed by atoms with E-state index >= 15 is 0 Å². The number of amides is 1. The van der Waals surface area contributed by atoms with Crippen LogP contribution in [0.3, 0.4) is 0 Å². The molecule has 0 saturated carbocycles. The molecule has 1 unspecified atom stereocenters. The minimum absolute atomic E-state index is 0.0960. The highest BCUT2D eigenvalue weighted by Gasteiger charge is 2.48. The topological polar surface area (TPSA) is 58.8 Å². The third kappa shape index (κ3) is 1.91. The van der Waals surface area contributed by atoms with Crippen molar-refractivity contribution in [1.82, 2.24) is 4.90 Å². The number of hydrogen-bond donors (Lipinski definition) is 1. The molecular weight excluding hydrogens is 261 g/mol. The molecule has 2 heterocycles. The average molecular weight is 279 g/mol. The summed E-state index contributed by atoms with van der Waals surface area (Å²) >= 11 is 0. The van der Waals surface area contributed by atoms with E-state index in [1.807, 2.05) is 18.7 Å². The van der Waals surface area contributed by atoms with Gasteiger partial charge in [0.15, 0.2) is 0 Å². The SMILES string of the molecule is CC1(C)N(CC(N)=O)CC2COc3ccc(F)cc3N21. The van der Waals surface area contributed by atoms with Gasteiger partial charge in [0.25, 0.3) is 0 Å². The maximum Gasteiger partial charge on any atom is 0.231 e. The van der Waals surface area contributed by atoms with Crippen molar-refractivity contribution in [2.45, 2.75) is 25.6 Å². The highest BCUT2D eigenvalue weighted by molar-refractivity contribution is 5.76. The van der Waals surface area contributed by atoms with Crippen LogP contribution in [0, 0.1) is 5.82 Å². The second-order valence-corrected chi connectivity index (χ2v) is 5.79. The predicted octanol–water partition coefficient (Wildman–Crippen LogP) is 0.930. The van der Waals surface area contributed by atoms with E-state index in [1.54, 1.807) is 6.07 Å². The van der Waals surface area contributed by atoms with Crippen LogP contribution in [0.25, 0.3) is 0 Å².